The zero-order chi connectivity index (χ0) is 19.9. The summed E-state index contributed by atoms with van der Waals surface area (Å²) in [5.41, 5.74) is 3.00. The lowest BCUT2D eigenvalue weighted by atomic mass is 10.1. The molecule has 3 rings (SSSR count). The normalized spacial score (nSPS) is 10.7. The van der Waals surface area contributed by atoms with Crippen molar-refractivity contribution in [1.82, 2.24) is 10.2 Å². The molecule has 7 heteroatoms. The van der Waals surface area contributed by atoms with Gasteiger partial charge >= 0.3 is 0 Å². The molecular weight excluding hydrogens is 374 g/mol. The lowest BCUT2D eigenvalue weighted by Gasteiger charge is -2.19. The molecule has 0 N–H and O–H groups in total. The van der Waals surface area contributed by atoms with Crippen LogP contribution in [0.5, 0.6) is 5.75 Å². The summed E-state index contributed by atoms with van der Waals surface area (Å²) < 4.78 is 10.5. The molecule has 0 spiro atoms. The van der Waals surface area contributed by atoms with Gasteiger partial charge in [-0.3, -0.25) is 9.69 Å². The maximum Gasteiger partial charge on any atom is 0.233 e. The van der Waals surface area contributed by atoms with Crippen LogP contribution in [-0.4, -0.2) is 43.5 Å². The molecule has 6 nitrogen and oxygen atoms in total. The van der Waals surface area contributed by atoms with Crippen LogP contribution in [0.1, 0.15) is 11.1 Å². The number of hydrogen-bond acceptors (Lipinski definition) is 6. The van der Waals surface area contributed by atoms with Crippen LogP contribution in [0.4, 0.5) is 5.13 Å². The number of hydrogen-bond donors (Lipinski definition) is 0. The molecule has 3 aromatic rings. The number of amides is 1. The Balaban J connectivity index is 1.83. The SMILES string of the molecule is COCCN(C(=O)Cc1ccccc1OC)c1nnc(-c2ccc(C)cc2)s1. The van der Waals surface area contributed by atoms with Gasteiger partial charge in [-0.2, -0.15) is 0 Å². The molecular formula is C21H23N3O3S. The fraction of sp³-hybridized carbons (Fsp3) is 0.286. The van der Waals surface area contributed by atoms with Crippen molar-refractivity contribution < 1.29 is 14.3 Å². The molecule has 0 fully saturated rings. The van der Waals surface area contributed by atoms with Gasteiger partial charge in [0.15, 0.2) is 0 Å². The number of anilines is 1. The zero-order valence-corrected chi connectivity index (χ0v) is 17.0. The molecule has 1 aromatic heterocycles. The van der Waals surface area contributed by atoms with Crippen LogP contribution in [0.2, 0.25) is 0 Å². The van der Waals surface area contributed by atoms with E-state index in [1.54, 1.807) is 19.1 Å². The topological polar surface area (TPSA) is 64.5 Å². The van der Waals surface area contributed by atoms with Gasteiger partial charge in [-0.25, -0.2) is 0 Å². The number of aryl methyl sites for hydroxylation is 1. The summed E-state index contributed by atoms with van der Waals surface area (Å²) >= 11 is 1.40. The van der Waals surface area contributed by atoms with Gasteiger partial charge in [0.05, 0.1) is 26.7 Å². The number of methoxy groups -OCH3 is 2. The fourth-order valence-electron chi connectivity index (χ4n) is 2.75. The van der Waals surface area contributed by atoms with E-state index in [1.165, 1.54) is 16.9 Å². The molecule has 0 aliphatic rings. The van der Waals surface area contributed by atoms with E-state index in [4.69, 9.17) is 9.47 Å². The largest absolute Gasteiger partial charge is 0.496 e. The Morgan fingerprint density at radius 2 is 1.82 bits per heavy atom. The summed E-state index contributed by atoms with van der Waals surface area (Å²) in [4.78, 5) is 14.7. The predicted molar refractivity (Wildman–Crippen MR) is 111 cm³/mol. The first-order valence-electron chi connectivity index (χ1n) is 8.94. The van der Waals surface area contributed by atoms with Gasteiger partial charge in [0.1, 0.15) is 10.8 Å². The highest BCUT2D eigenvalue weighted by Crippen LogP contribution is 2.29. The maximum absolute atomic E-state index is 13.0. The molecule has 0 aliphatic heterocycles. The van der Waals surface area contributed by atoms with Crippen molar-refractivity contribution in [2.24, 2.45) is 0 Å². The van der Waals surface area contributed by atoms with Crippen molar-refractivity contribution in [3.8, 4) is 16.3 Å². The van der Waals surface area contributed by atoms with E-state index in [9.17, 15) is 4.79 Å². The van der Waals surface area contributed by atoms with Crippen LogP contribution in [-0.2, 0) is 16.0 Å². The van der Waals surface area contributed by atoms with Crippen LogP contribution >= 0.6 is 11.3 Å². The molecule has 146 valence electrons. The number of aromatic nitrogens is 2. The third-order valence-electron chi connectivity index (χ3n) is 4.30. The lowest BCUT2D eigenvalue weighted by Crippen LogP contribution is -2.35. The standard InChI is InChI=1S/C21H23N3O3S/c1-15-8-10-16(11-9-15)20-22-23-21(28-20)24(12-13-26-2)19(25)14-17-6-4-5-7-18(17)27-3/h4-11H,12-14H2,1-3H3. The number of nitrogens with zero attached hydrogens (tertiary/aromatic N) is 3. The fourth-order valence-corrected chi connectivity index (χ4v) is 3.65. The first kappa shape index (κ1) is 20.0. The van der Waals surface area contributed by atoms with E-state index in [-0.39, 0.29) is 12.3 Å². The Labute approximate surface area is 168 Å². The van der Waals surface area contributed by atoms with Crippen molar-refractivity contribution >= 4 is 22.4 Å². The third-order valence-corrected chi connectivity index (χ3v) is 5.29. The van der Waals surface area contributed by atoms with Crippen molar-refractivity contribution in [2.45, 2.75) is 13.3 Å². The first-order chi connectivity index (χ1) is 13.6. The second-order valence-corrected chi connectivity index (χ2v) is 7.24. The number of ether oxygens (including phenoxy) is 2. The molecule has 1 amide bonds. The third kappa shape index (κ3) is 4.74. The van der Waals surface area contributed by atoms with Crippen LogP contribution < -0.4 is 9.64 Å². The number of carbonyl (C=O) groups excluding carboxylic acids is 1. The molecule has 0 bridgehead atoms. The quantitative estimate of drug-likeness (QED) is 0.579. The lowest BCUT2D eigenvalue weighted by molar-refractivity contribution is -0.118. The molecule has 0 radical (unpaired) electrons. The van der Waals surface area contributed by atoms with Crippen molar-refractivity contribution in [1.29, 1.82) is 0 Å². The van der Waals surface area contributed by atoms with Crippen LogP contribution in [0, 0.1) is 6.92 Å². The van der Waals surface area contributed by atoms with E-state index in [0.29, 0.717) is 24.0 Å². The molecule has 2 aromatic carbocycles. The highest BCUT2D eigenvalue weighted by molar-refractivity contribution is 7.18. The molecule has 0 aliphatic carbocycles. The molecule has 0 atom stereocenters. The molecule has 0 saturated heterocycles. The van der Waals surface area contributed by atoms with Gasteiger partial charge in [0, 0.05) is 18.2 Å². The van der Waals surface area contributed by atoms with Crippen LogP contribution in [0.25, 0.3) is 10.6 Å². The minimum absolute atomic E-state index is 0.0758. The average Bonchev–Trinajstić information content (AvgIpc) is 3.19. The van der Waals surface area contributed by atoms with E-state index >= 15 is 0 Å². The smallest absolute Gasteiger partial charge is 0.233 e. The number of para-hydroxylation sites is 1. The van der Waals surface area contributed by atoms with E-state index in [0.717, 1.165) is 16.1 Å². The Kier molecular flexibility index (Phi) is 6.73. The van der Waals surface area contributed by atoms with Gasteiger partial charge in [0.25, 0.3) is 0 Å². The predicted octanol–water partition coefficient (Wildman–Crippen LogP) is 3.74. The molecule has 0 saturated carbocycles. The monoisotopic (exact) mass is 397 g/mol. The van der Waals surface area contributed by atoms with Gasteiger partial charge < -0.3 is 9.47 Å². The van der Waals surface area contributed by atoms with Gasteiger partial charge in [-0.05, 0) is 13.0 Å². The number of rotatable bonds is 8. The Bertz CT molecular complexity index is 925. The highest BCUT2D eigenvalue weighted by Gasteiger charge is 2.21. The Morgan fingerprint density at radius 3 is 2.54 bits per heavy atom. The summed E-state index contributed by atoms with van der Waals surface area (Å²) in [5.74, 6) is 0.619. The Hall–Kier alpha value is -2.77. The first-order valence-corrected chi connectivity index (χ1v) is 9.75. The van der Waals surface area contributed by atoms with Crippen LogP contribution in [0.15, 0.2) is 48.5 Å². The summed E-state index contributed by atoms with van der Waals surface area (Å²) in [6, 6.07) is 15.6. The average molecular weight is 398 g/mol. The second kappa shape index (κ2) is 9.43. The van der Waals surface area contributed by atoms with Gasteiger partial charge in [-0.15, -0.1) is 10.2 Å². The van der Waals surface area contributed by atoms with E-state index in [2.05, 4.69) is 10.2 Å². The van der Waals surface area contributed by atoms with Crippen molar-refractivity contribution in [3.05, 3.63) is 59.7 Å². The molecule has 28 heavy (non-hydrogen) atoms. The Morgan fingerprint density at radius 1 is 1.07 bits per heavy atom. The summed E-state index contributed by atoms with van der Waals surface area (Å²) in [6.07, 6.45) is 0.215. The van der Waals surface area contributed by atoms with Crippen molar-refractivity contribution in [3.63, 3.8) is 0 Å². The van der Waals surface area contributed by atoms with Crippen LogP contribution in [0.3, 0.4) is 0 Å². The highest BCUT2D eigenvalue weighted by atomic mass is 32.1. The van der Waals surface area contributed by atoms with E-state index < -0.39 is 0 Å². The molecule has 0 unspecified atom stereocenters. The minimum atomic E-state index is -0.0758. The summed E-state index contributed by atoms with van der Waals surface area (Å²) in [7, 11) is 3.21. The van der Waals surface area contributed by atoms with Crippen molar-refractivity contribution in [2.75, 3.05) is 32.3 Å². The van der Waals surface area contributed by atoms with Gasteiger partial charge in [-0.1, -0.05) is 59.4 Å². The maximum atomic E-state index is 13.0. The number of benzene rings is 2. The summed E-state index contributed by atoms with van der Waals surface area (Å²) in [6.45, 7) is 2.86. The second-order valence-electron chi connectivity index (χ2n) is 6.28. The molecule has 1 heterocycles. The minimum Gasteiger partial charge on any atom is -0.496 e. The zero-order valence-electron chi connectivity index (χ0n) is 16.2. The van der Waals surface area contributed by atoms with E-state index in [1.807, 2.05) is 55.5 Å². The summed E-state index contributed by atoms with van der Waals surface area (Å²) in [5, 5.41) is 9.88. The van der Waals surface area contributed by atoms with Gasteiger partial charge in [0.2, 0.25) is 11.0 Å². The number of carbonyl (C=O) groups is 1.